The second-order valence-electron chi connectivity index (χ2n) is 5.60. The number of halogens is 4. The average Bonchev–Trinajstić information content (AvgIpc) is 2.88. The van der Waals surface area contributed by atoms with E-state index >= 15 is 0 Å². The van der Waals surface area contributed by atoms with Crippen molar-refractivity contribution in [1.82, 2.24) is 4.73 Å². The molecule has 0 bridgehead atoms. The summed E-state index contributed by atoms with van der Waals surface area (Å²) >= 11 is 18.1. The summed E-state index contributed by atoms with van der Waals surface area (Å²) in [6.07, 6.45) is 0. The van der Waals surface area contributed by atoms with E-state index in [0.717, 1.165) is 5.39 Å². The molecule has 26 heavy (non-hydrogen) atoms. The summed E-state index contributed by atoms with van der Waals surface area (Å²) in [7, 11) is 0. The van der Waals surface area contributed by atoms with E-state index in [1.54, 1.807) is 18.2 Å². The van der Waals surface area contributed by atoms with Crippen molar-refractivity contribution in [1.29, 1.82) is 0 Å². The molecular weight excluding hydrogens is 400 g/mol. The van der Waals surface area contributed by atoms with Crippen LogP contribution in [0, 0.1) is 5.82 Å². The zero-order valence-corrected chi connectivity index (χ0v) is 15.2. The molecule has 0 fully saturated rings. The van der Waals surface area contributed by atoms with Gasteiger partial charge in [-0.05, 0) is 36.4 Å². The lowest BCUT2D eigenvalue weighted by Gasteiger charge is -2.10. The highest BCUT2D eigenvalue weighted by molar-refractivity contribution is 6.41. The number of hydrogen-bond acceptors (Lipinski definition) is 2. The molecular formula is C19H9Cl3FNO2. The summed E-state index contributed by atoms with van der Waals surface area (Å²) in [5.41, 5.74) is 1.16. The number of aromatic nitrogens is 1. The maximum absolute atomic E-state index is 13.7. The molecule has 0 atom stereocenters. The molecule has 1 heterocycles. The minimum Gasteiger partial charge on any atom is -0.330 e. The minimum atomic E-state index is -0.747. The van der Waals surface area contributed by atoms with Crippen LogP contribution in [0.15, 0.2) is 54.6 Å². The molecule has 4 aromatic rings. The van der Waals surface area contributed by atoms with Gasteiger partial charge in [0.25, 0.3) is 0 Å². The van der Waals surface area contributed by atoms with E-state index in [1.165, 1.54) is 29.0 Å². The average molecular weight is 409 g/mol. The first kappa shape index (κ1) is 17.2. The Kier molecular flexibility index (Phi) is 4.27. The van der Waals surface area contributed by atoms with Crippen molar-refractivity contribution in [2.24, 2.45) is 0 Å². The Morgan fingerprint density at radius 1 is 0.885 bits per heavy atom. The summed E-state index contributed by atoms with van der Waals surface area (Å²) in [4.78, 5) is 18.2. The lowest BCUT2D eigenvalue weighted by molar-refractivity contribution is 0.0501. The van der Waals surface area contributed by atoms with Crippen LogP contribution >= 0.6 is 34.8 Å². The largest absolute Gasteiger partial charge is 0.366 e. The molecule has 0 aliphatic heterocycles. The van der Waals surface area contributed by atoms with Crippen LogP contribution in [-0.4, -0.2) is 10.7 Å². The molecule has 1 aromatic heterocycles. The third-order valence-corrected chi connectivity index (χ3v) is 4.79. The van der Waals surface area contributed by atoms with Gasteiger partial charge in [0.1, 0.15) is 5.82 Å². The van der Waals surface area contributed by atoms with Crippen molar-refractivity contribution in [3.8, 4) is 0 Å². The number of carbonyl (C=O) groups is 1. The maximum atomic E-state index is 13.7. The van der Waals surface area contributed by atoms with Gasteiger partial charge in [-0.3, -0.25) is 0 Å². The van der Waals surface area contributed by atoms with Crippen molar-refractivity contribution in [2.45, 2.75) is 0 Å². The van der Waals surface area contributed by atoms with E-state index in [9.17, 15) is 9.18 Å². The summed E-state index contributed by atoms with van der Waals surface area (Å²) in [5, 5.41) is 1.85. The SMILES string of the molecule is O=C(On1c2ccccc2c2cc(F)ccc21)c1c(Cl)cc(Cl)cc1Cl. The lowest BCUT2D eigenvalue weighted by atomic mass is 10.1. The normalized spacial score (nSPS) is 11.2. The zero-order chi connectivity index (χ0) is 18.4. The number of para-hydroxylation sites is 1. The van der Waals surface area contributed by atoms with Crippen LogP contribution in [0.2, 0.25) is 15.1 Å². The fourth-order valence-electron chi connectivity index (χ4n) is 2.87. The van der Waals surface area contributed by atoms with Gasteiger partial charge in [0.05, 0.1) is 26.6 Å². The van der Waals surface area contributed by atoms with Gasteiger partial charge in [-0.2, -0.15) is 4.73 Å². The smallest absolute Gasteiger partial charge is 0.330 e. The lowest BCUT2D eigenvalue weighted by Crippen LogP contribution is -2.20. The molecule has 7 heteroatoms. The molecule has 0 amide bonds. The molecule has 0 aliphatic rings. The Morgan fingerprint density at radius 2 is 1.54 bits per heavy atom. The highest BCUT2D eigenvalue weighted by Crippen LogP contribution is 2.31. The number of fused-ring (bicyclic) bond motifs is 3. The highest BCUT2D eigenvalue weighted by Gasteiger charge is 2.21. The zero-order valence-electron chi connectivity index (χ0n) is 13.0. The first-order valence-electron chi connectivity index (χ1n) is 7.51. The molecule has 0 unspecified atom stereocenters. The Bertz CT molecular complexity index is 1160. The molecule has 0 saturated carbocycles. The third-order valence-electron chi connectivity index (χ3n) is 3.98. The van der Waals surface area contributed by atoms with Crippen LogP contribution in [0.25, 0.3) is 21.8 Å². The summed E-state index contributed by atoms with van der Waals surface area (Å²) in [5.74, 6) is -1.13. The van der Waals surface area contributed by atoms with Gasteiger partial charge < -0.3 is 4.84 Å². The van der Waals surface area contributed by atoms with Crippen molar-refractivity contribution >= 4 is 62.6 Å². The van der Waals surface area contributed by atoms with E-state index in [4.69, 9.17) is 39.6 Å². The van der Waals surface area contributed by atoms with E-state index in [-0.39, 0.29) is 21.4 Å². The van der Waals surface area contributed by atoms with Crippen LogP contribution in [-0.2, 0) is 0 Å². The Hall–Kier alpha value is -2.27. The van der Waals surface area contributed by atoms with Gasteiger partial charge in [-0.25, -0.2) is 9.18 Å². The minimum absolute atomic E-state index is 0.00535. The molecule has 4 rings (SSSR count). The van der Waals surface area contributed by atoms with Gasteiger partial charge >= 0.3 is 5.97 Å². The standard InChI is InChI=1S/C19H9Cl3FNO2/c20-10-7-14(21)18(15(22)8-10)19(25)26-24-16-4-2-1-3-12(16)13-9-11(23)5-6-17(13)24/h1-9H. The van der Waals surface area contributed by atoms with Crippen molar-refractivity contribution in [3.05, 3.63) is 81.0 Å². The van der Waals surface area contributed by atoms with E-state index in [2.05, 4.69) is 0 Å². The quantitative estimate of drug-likeness (QED) is 0.397. The number of nitrogens with zero attached hydrogens (tertiary/aromatic N) is 1. The molecule has 0 spiro atoms. The van der Waals surface area contributed by atoms with E-state index in [1.807, 2.05) is 12.1 Å². The maximum Gasteiger partial charge on any atom is 0.366 e. The number of carbonyl (C=O) groups excluding carboxylic acids is 1. The molecule has 0 saturated heterocycles. The summed E-state index contributed by atoms with van der Waals surface area (Å²) in [6, 6.07) is 14.3. The molecule has 3 aromatic carbocycles. The van der Waals surface area contributed by atoms with Crippen LogP contribution in [0.4, 0.5) is 4.39 Å². The Labute approximate surface area is 162 Å². The van der Waals surface area contributed by atoms with Crippen LogP contribution in [0.3, 0.4) is 0 Å². The van der Waals surface area contributed by atoms with Crippen LogP contribution < -0.4 is 4.84 Å². The first-order chi connectivity index (χ1) is 12.5. The summed E-state index contributed by atoms with van der Waals surface area (Å²) in [6.45, 7) is 0. The van der Waals surface area contributed by atoms with Crippen molar-refractivity contribution in [3.63, 3.8) is 0 Å². The predicted molar refractivity (Wildman–Crippen MR) is 102 cm³/mol. The second kappa shape index (κ2) is 6.47. The fraction of sp³-hybridized carbons (Fsp3) is 0. The van der Waals surface area contributed by atoms with Gasteiger partial charge in [0.15, 0.2) is 0 Å². The van der Waals surface area contributed by atoms with E-state index in [0.29, 0.717) is 21.4 Å². The molecule has 3 nitrogen and oxygen atoms in total. The van der Waals surface area contributed by atoms with Gasteiger partial charge in [0, 0.05) is 15.8 Å². The Morgan fingerprint density at radius 3 is 2.27 bits per heavy atom. The molecule has 130 valence electrons. The van der Waals surface area contributed by atoms with Crippen molar-refractivity contribution < 1.29 is 14.0 Å². The first-order valence-corrected chi connectivity index (χ1v) is 8.65. The number of hydrogen-bond donors (Lipinski definition) is 0. The third kappa shape index (κ3) is 2.80. The topological polar surface area (TPSA) is 31.2 Å². The van der Waals surface area contributed by atoms with Gasteiger partial charge in [-0.1, -0.05) is 53.0 Å². The van der Waals surface area contributed by atoms with Crippen LogP contribution in [0.1, 0.15) is 10.4 Å². The molecule has 0 N–H and O–H groups in total. The fourth-order valence-corrected chi connectivity index (χ4v) is 3.84. The van der Waals surface area contributed by atoms with Gasteiger partial charge in [-0.15, -0.1) is 0 Å². The van der Waals surface area contributed by atoms with Crippen molar-refractivity contribution in [2.75, 3.05) is 0 Å². The second-order valence-corrected chi connectivity index (χ2v) is 6.85. The van der Waals surface area contributed by atoms with E-state index < -0.39 is 5.97 Å². The van der Waals surface area contributed by atoms with Gasteiger partial charge in [0.2, 0.25) is 0 Å². The predicted octanol–water partition coefficient (Wildman–Crippen LogP) is 6.16. The monoisotopic (exact) mass is 407 g/mol. The summed E-state index contributed by atoms with van der Waals surface area (Å²) < 4.78 is 15.0. The number of rotatable bonds is 2. The Balaban J connectivity index is 1.88. The molecule has 0 aliphatic carbocycles. The highest BCUT2D eigenvalue weighted by atomic mass is 35.5. The molecule has 0 radical (unpaired) electrons. The number of benzene rings is 3. The van der Waals surface area contributed by atoms with Crippen LogP contribution in [0.5, 0.6) is 0 Å².